The fraction of sp³-hybridized carbons (Fsp3) is 0.500. The lowest BCUT2D eigenvalue weighted by atomic mass is 10.2. The van der Waals surface area contributed by atoms with Gasteiger partial charge in [0.2, 0.25) is 22.2 Å². The molecule has 2 aromatic carbocycles. The van der Waals surface area contributed by atoms with E-state index in [2.05, 4.69) is 19.9 Å². The zero-order chi connectivity index (χ0) is 32.0. The molecule has 4 atom stereocenters. The molecule has 2 fully saturated rings. The number of nitrogens with zero attached hydrogens (tertiary/aromatic N) is 3. The zero-order valence-electron chi connectivity index (χ0n) is 25.5. The van der Waals surface area contributed by atoms with Crippen molar-refractivity contribution in [1.82, 2.24) is 19.2 Å². The van der Waals surface area contributed by atoms with Gasteiger partial charge in [-0.05, 0) is 38.1 Å². The molecule has 13 nitrogen and oxygen atoms in total. The molecular weight excluding hydrogens is 622 g/mol. The Labute approximate surface area is 267 Å². The molecule has 2 aliphatic heterocycles. The van der Waals surface area contributed by atoms with Gasteiger partial charge in [0.05, 0.1) is 43.0 Å². The van der Waals surface area contributed by atoms with Crippen LogP contribution in [0.15, 0.2) is 53.7 Å². The molecule has 3 heterocycles. The maximum absolute atomic E-state index is 13.8. The zero-order valence-corrected chi connectivity index (χ0v) is 27.1. The molecule has 244 valence electrons. The van der Waals surface area contributed by atoms with Gasteiger partial charge in [0.25, 0.3) is 0 Å². The van der Waals surface area contributed by atoms with E-state index in [0.717, 1.165) is 36.4 Å². The van der Waals surface area contributed by atoms with Gasteiger partial charge in [-0.25, -0.2) is 18.1 Å². The summed E-state index contributed by atoms with van der Waals surface area (Å²) in [7, 11) is -4.23. The van der Waals surface area contributed by atoms with Crippen molar-refractivity contribution < 1.29 is 37.0 Å². The first kappa shape index (κ1) is 33.2. The van der Waals surface area contributed by atoms with Crippen molar-refractivity contribution in [2.45, 2.75) is 55.9 Å². The third-order valence-electron chi connectivity index (χ3n) is 7.42. The quantitative estimate of drug-likeness (QED) is 0.246. The second kappa shape index (κ2) is 14.9. The lowest BCUT2D eigenvalue weighted by Crippen LogP contribution is -2.41. The average molecular weight is 662 g/mol. The predicted octanol–water partition coefficient (Wildman–Crippen LogP) is 2.98. The minimum absolute atomic E-state index is 0.0441. The predicted molar refractivity (Wildman–Crippen MR) is 170 cm³/mol. The summed E-state index contributed by atoms with van der Waals surface area (Å²) in [5.74, 6) is -0.0392. The Kier molecular flexibility index (Phi) is 11.0. The first-order chi connectivity index (χ1) is 21.6. The molecule has 0 aliphatic carbocycles. The fourth-order valence-corrected chi connectivity index (χ4v) is 7.92. The summed E-state index contributed by atoms with van der Waals surface area (Å²) in [4.78, 5) is 30.6. The molecule has 1 amide bonds. The molecule has 0 saturated carbocycles. The van der Waals surface area contributed by atoms with Crippen molar-refractivity contribution in [2.75, 3.05) is 50.5 Å². The number of cyclic esters (lactones) is 1. The van der Waals surface area contributed by atoms with Crippen LogP contribution in [0.1, 0.15) is 32.6 Å². The van der Waals surface area contributed by atoms with Crippen molar-refractivity contribution in [1.29, 1.82) is 0 Å². The highest BCUT2D eigenvalue weighted by atomic mass is 32.2. The summed E-state index contributed by atoms with van der Waals surface area (Å²) in [6.45, 7) is 9.23. The van der Waals surface area contributed by atoms with Gasteiger partial charge in [-0.2, -0.15) is 0 Å². The molecule has 0 spiro atoms. The number of imidazole rings is 1. The van der Waals surface area contributed by atoms with Gasteiger partial charge in [0.15, 0.2) is 0 Å². The van der Waals surface area contributed by atoms with E-state index >= 15 is 0 Å². The van der Waals surface area contributed by atoms with Crippen LogP contribution < -0.4 is 14.8 Å². The average Bonchev–Trinajstić information content (AvgIpc) is 3.58. The maximum atomic E-state index is 13.8. The lowest BCUT2D eigenvalue weighted by molar-refractivity contribution is -0.163. The van der Waals surface area contributed by atoms with Crippen molar-refractivity contribution in [3.8, 4) is 5.75 Å². The Bertz CT molecular complexity index is 1590. The summed E-state index contributed by atoms with van der Waals surface area (Å²) in [5.41, 5.74) is 2.13. The Morgan fingerprint density at radius 3 is 2.73 bits per heavy atom. The monoisotopic (exact) mass is 661 g/mol. The summed E-state index contributed by atoms with van der Waals surface area (Å²) in [6, 6.07) is 11.2. The summed E-state index contributed by atoms with van der Waals surface area (Å²) < 4.78 is 54.7. The van der Waals surface area contributed by atoms with E-state index in [1.54, 1.807) is 25.0 Å². The lowest BCUT2D eigenvalue weighted by Gasteiger charge is -2.30. The minimum Gasteiger partial charge on any atom is -0.486 e. The van der Waals surface area contributed by atoms with E-state index in [9.17, 15) is 18.0 Å². The van der Waals surface area contributed by atoms with Crippen LogP contribution in [0.3, 0.4) is 0 Å². The van der Waals surface area contributed by atoms with Crippen LogP contribution >= 0.6 is 11.8 Å². The van der Waals surface area contributed by atoms with Gasteiger partial charge in [-0.3, -0.25) is 14.5 Å². The second-order valence-corrected chi connectivity index (χ2v) is 13.7. The minimum atomic E-state index is -4.23. The SMILES string of the molecule is CCOC1OC(=O)CC1NS(=O)(=O)c1ccc(NC(C)=O)cc1O[C@H](C)C(SCCN1CCOCC1)n1cnc2ccccc21. The number of ether oxygens (including phenoxy) is 4. The van der Waals surface area contributed by atoms with Crippen LogP contribution in [0.25, 0.3) is 11.0 Å². The molecule has 1 aromatic heterocycles. The van der Waals surface area contributed by atoms with Gasteiger partial charge in [-0.15, -0.1) is 11.8 Å². The first-order valence-corrected chi connectivity index (χ1v) is 17.4. The molecule has 3 aromatic rings. The number of amides is 1. The molecule has 2 N–H and O–H groups in total. The van der Waals surface area contributed by atoms with Crippen LogP contribution in [-0.4, -0.2) is 98.4 Å². The number of thioether (sulfide) groups is 1. The largest absolute Gasteiger partial charge is 0.486 e. The summed E-state index contributed by atoms with van der Waals surface area (Å²) >= 11 is 1.69. The normalized spacial score (nSPS) is 20.6. The standard InChI is InChI=1S/C30H39N5O8S2/c1-4-41-30-24(18-28(37)43-30)33-45(38,39)27-10-9-22(32-21(3)36)17-26(27)42-20(2)29(44-16-13-34-11-14-40-15-12-34)35-19-31-23-7-5-6-8-25(23)35/h5-10,17,19-20,24,29-30,33H,4,11-16,18H2,1-3H3,(H,32,36)/t20-,24?,29?,30?/m1/s1. The van der Waals surface area contributed by atoms with Crippen molar-refractivity contribution in [3.05, 3.63) is 48.8 Å². The molecule has 15 heteroatoms. The summed E-state index contributed by atoms with van der Waals surface area (Å²) in [6.07, 6.45) is 0.0117. The highest BCUT2D eigenvalue weighted by Crippen LogP contribution is 2.36. The Morgan fingerprint density at radius 2 is 1.98 bits per heavy atom. The number of morpholine rings is 1. The molecule has 0 bridgehead atoms. The third kappa shape index (κ3) is 8.34. The number of anilines is 1. The molecule has 45 heavy (non-hydrogen) atoms. The first-order valence-electron chi connectivity index (χ1n) is 14.9. The van der Waals surface area contributed by atoms with Crippen LogP contribution in [0.4, 0.5) is 5.69 Å². The topological polar surface area (TPSA) is 150 Å². The van der Waals surface area contributed by atoms with Crippen LogP contribution in [0, 0.1) is 0 Å². The maximum Gasteiger partial charge on any atom is 0.310 e. The van der Waals surface area contributed by atoms with Gasteiger partial charge in [0, 0.05) is 50.7 Å². The fourth-order valence-electron chi connectivity index (χ4n) is 5.32. The highest BCUT2D eigenvalue weighted by Gasteiger charge is 2.39. The van der Waals surface area contributed by atoms with E-state index in [1.165, 1.54) is 25.1 Å². The number of aromatic nitrogens is 2. The number of rotatable bonds is 14. The molecular formula is C30H39N5O8S2. The number of hydrogen-bond acceptors (Lipinski definition) is 11. The molecule has 3 unspecified atom stereocenters. The number of sulfonamides is 1. The highest BCUT2D eigenvalue weighted by molar-refractivity contribution is 7.99. The molecule has 2 saturated heterocycles. The van der Waals surface area contributed by atoms with Gasteiger partial charge >= 0.3 is 5.97 Å². The van der Waals surface area contributed by atoms with Crippen LogP contribution in [0.5, 0.6) is 5.75 Å². The Hall–Kier alpha value is -3.21. The van der Waals surface area contributed by atoms with Crippen molar-refractivity contribution in [2.24, 2.45) is 0 Å². The number of para-hydroxylation sites is 2. The smallest absolute Gasteiger partial charge is 0.310 e. The van der Waals surface area contributed by atoms with Crippen LogP contribution in [0.2, 0.25) is 0 Å². The van der Waals surface area contributed by atoms with E-state index in [1.807, 2.05) is 35.8 Å². The van der Waals surface area contributed by atoms with Crippen LogP contribution in [-0.2, 0) is 33.8 Å². The van der Waals surface area contributed by atoms with Gasteiger partial charge < -0.3 is 28.8 Å². The van der Waals surface area contributed by atoms with E-state index in [4.69, 9.17) is 18.9 Å². The van der Waals surface area contributed by atoms with Crippen molar-refractivity contribution in [3.63, 3.8) is 0 Å². The number of hydrogen-bond donors (Lipinski definition) is 2. The molecule has 2 aliphatic rings. The molecule has 0 radical (unpaired) electrons. The van der Waals surface area contributed by atoms with E-state index in [0.29, 0.717) is 18.9 Å². The van der Waals surface area contributed by atoms with Gasteiger partial charge in [-0.1, -0.05) is 12.1 Å². The number of esters is 1. The van der Waals surface area contributed by atoms with E-state index in [-0.39, 0.29) is 35.0 Å². The number of carbonyl (C=O) groups excluding carboxylic acids is 2. The van der Waals surface area contributed by atoms with E-state index < -0.39 is 34.4 Å². The van der Waals surface area contributed by atoms with Crippen molar-refractivity contribution >= 4 is 50.4 Å². The van der Waals surface area contributed by atoms with Gasteiger partial charge in [0.1, 0.15) is 22.1 Å². The summed E-state index contributed by atoms with van der Waals surface area (Å²) in [5, 5.41) is 2.41. The number of carbonyl (C=O) groups is 2. The number of fused-ring (bicyclic) bond motifs is 1. The number of benzene rings is 2. The molecule has 5 rings (SSSR count). The third-order valence-corrected chi connectivity index (χ3v) is 10.3. The Morgan fingerprint density at radius 1 is 1.20 bits per heavy atom. The number of nitrogens with one attached hydrogen (secondary N) is 2. The Balaban J connectivity index is 1.44. The second-order valence-electron chi connectivity index (χ2n) is 10.8.